The molecule has 0 saturated carbocycles. The molecule has 0 aliphatic carbocycles. The van der Waals surface area contributed by atoms with Crippen molar-refractivity contribution in [2.75, 3.05) is 13.7 Å². The fraction of sp³-hybridized carbons (Fsp3) is 0.667. The second-order valence-electron chi connectivity index (χ2n) is 2.98. The van der Waals surface area contributed by atoms with Crippen molar-refractivity contribution in [2.45, 2.75) is 20.8 Å². The van der Waals surface area contributed by atoms with E-state index in [0.29, 0.717) is 18.3 Å². The van der Waals surface area contributed by atoms with Gasteiger partial charge in [0.25, 0.3) is 0 Å². The molecule has 12 heavy (non-hydrogen) atoms. The number of methoxy groups -OCH3 is 1. The molecule has 0 radical (unpaired) electrons. The Morgan fingerprint density at radius 2 is 2.08 bits per heavy atom. The van der Waals surface area contributed by atoms with E-state index < -0.39 is 0 Å². The number of hydrogen-bond donors (Lipinski definition) is 0. The van der Waals surface area contributed by atoms with Gasteiger partial charge in [0.05, 0.1) is 25.6 Å². The van der Waals surface area contributed by atoms with Crippen LogP contribution in [0.4, 0.5) is 0 Å². The Balaban J connectivity index is 3.74. The minimum absolute atomic E-state index is 0.344. The van der Waals surface area contributed by atoms with Gasteiger partial charge in [0, 0.05) is 0 Å². The van der Waals surface area contributed by atoms with Crippen molar-refractivity contribution in [3.05, 3.63) is 11.8 Å². The quantitative estimate of drug-likeness (QED) is 0.368. The van der Waals surface area contributed by atoms with Gasteiger partial charge in [-0.2, -0.15) is 0 Å². The maximum absolute atomic E-state index is 10.9. The first kappa shape index (κ1) is 11.0. The van der Waals surface area contributed by atoms with Crippen LogP contribution in [-0.2, 0) is 14.3 Å². The predicted molar refractivity (Wildman–Crippen MR) is 46.6 cm³/mol. The summed E-state index contributed by atoms with van der Waals surface area (Å²) < 4.78 is 9.67. The smallest absolute Gasteiger partial charge is 0.334 e. The molecule has 0 spiro atoms. The third kappa shape index (κ3) is 5.77. The SMILES string of the molecule is COC(C)=CC(=O)OCC(C)C. The van der Waals surface area contributed by atoms with Gasteiger partial charge in [0.15, 0.2) is 0 Å². The molecule has 0 bridgehead atoms. The second-order valence-corrected chi connectivity index (χ2v) is 2.98. The van der Waals surface area contributed by atoms with Gasteiger partial charge in [-0.25, -0.2) is 4.79 Å². The highest BCUT2D eigenvalue weighted by Crippen LogP contribution is 1.97. The summed E-state index contributed by atoms with van der Waals surface area (Å²) in [5, 5.41) is 0. The van der Waals surface area contributed by atoms with Crippen molar-refractivity contribution in [2.24, 2.45) is 5.92 Å². The molecule has 0 unspecified atom stereocenters. The van der Waals surface area contributed by atoms with E-state index in [0.717, 1.165) is 0 Å². The van der Waals surface area contributed by atoms with Crippen molar-refractivity contribution in [3.8, 4) is 0 Å². The lowest BCUT2D eigenvalue weighted by atomic mass is 10.2. The molecule has 0 aromatic heterocycles. The van der Waals surface area contributed by atoms with Gasteiger partial charge >= 0.3 is 5.97 Å². The van der Waals surface area contributed by atoms with E-state index in [1.54, 1.807) is 6.92 Å². The van der Waals surface area contributed by atoms with Crippen LogP contribution in [0.1, 0.15) is 20.8 Å². The lowest BCUT2D eigenvalue weighted by Crippen LogP contribution is -2.07. The Bertz CT molecular complexity index is 171. The Morgan fingerprint density at radius 3 is 2.50 bits per heavy atom. The van der Waals surface area contributed by atoms with Crippen LogP contribution in [-0.4, -0.2) is 19.7 Å². The Labute approximate surface area is 73.4 Å². The van der Waals surface area contributed by atoms with Gasteiger partial charge in [-0.05, 0) is 12.8 Å². The maximum atomic E-state index is 10.9. The minimum atomic E-state index is -0.344. The summed E-state index contributed by atoms with van der Waals surface area (Å²) in [5.74, 6) is 0.581. The summed E-state index contributed by atoms with van der Waals surface area (Å²) in [6.45, 7) is 6.13. The minimum Gasteiger partial charge on any atom is -0.501 e. The van der Waals surface area contributed by atoms with Crippen LogP contribution in [0.3, 0.4) is 0 Å². The number of carbonyl (C=O) groups excluding carboxylic acids is 1. The fourth-order valence-electron chi connectivity index (χ4n) is 0.515. The molecule has 0 atom stereocenters. The molecule has 0 fully saturated rings. The number of rotatable bonds is 4. The molecule has 0 heterocycles. The highest BCUT2D eigenvalue weighted by Gasteiger charge is 2.00. The van der Waals surface area contributed by atoms with Crippen molar-refractivity contribution in [1.29, 1.82) is 0 Å². The average molecular weight is 172 g/mol. The summed E-state index contributed by atoms with van der Waals surface area (Å²) in [5.41, 5.74) is 0. The first-order valence-corrected chi connectivity index (χ1v) is 3.95. The van der Waals surface area contributed by atoms with E-state index in [1.165, 1.54) is 13.2 Å². The number of esters is 1. The average Bonchev–Trinajstić information content (AvgIpc) is 2.00. The van der Waals surface area contributed by atoms with Crippen LogP contribution in [0.2, 0.25) is 0 Å². The molecule has 0 aliphatic rings. The van der Waals surface area contributed by atoms with Gasteiger partial charge in [-0.1, -0.05) is 13.8 Å². The third-order valence-corrected chi connectivity index (χ3v) is 1.20. The fourth-order valence-corrected chi connectivity index (χ4v) is 0.515. The van der Waals surface area contributed by atoms with Crippen LogP contribution in [0.15, 0.2) is 11.8 Å². The Morgan fingerprint density at radius 1 is 1.50 bits per heavy atom. The van der Waals surface area contributed by atoms with Gasteiger partial charge in [-0.15, -0.1) is 0 Å². The van der Waals surface area contributed by atoms with E-state index in [4.69, 9.17) is 9.47 Å². The van der Waals surface area contributed by atoms with Crippen LogP contribution < -0.4 is 0 Å². The topological polar surface area (TPSA) is 35.5 Å². The van der Waals surface area contributed by atoms with Gasteiger partial charge in [-0.3, -0.25) is 0 Å². The first-order valence-electron chi connectivity index (χ1n) is 3.95. The van der Waals surface area contributed by atoms with Gasteiger partial charge in [0.2, 0.25) is 0 Å². The molecule has 0 saturated heterocycles. The highest BCUT2D eigenvalue weighted by atomic mass is 16.5. The van der Waals surface area contributed by atoms with Crippen LogP contribution in [0.5, 0.6) is 0 Å². The summed E-state index contributed by atoms with van der Waals surface area (Å²) in [4.78, 5) is 10.9. The molecule has 3 heteroatoms. The van der Waals surface area contributed by atoms with Gasteiger partial charge < -0.3 is 9.47 Å². The molecular formula is C9H16O3. The normalized spacial score (nSPS) is 11.6. The molecule has 3 nitrogen and oxygen atoms in total. The molecule has 0 N–H and O–H groups in total. The molecular weight excluding hydrogens is 156 g/mol. The van der Waals surface area contributed by atoms with Crippen molar-refractivity contribution >= 4 is 5.97 Å². The maximum Gasteiger partial charge on any atom is 0.334 e. The molecule has 0 aliphatic heterocycles. The Hall–Kier alpha value is -0.990. The number of ether oxygens (including phenoxy) is 2. The van der Waals surface area contributed by atoms with Gasteiger partial charge in [0.1, 0.15) is 0 Å². The first-order chi connectivity index (χ1) is 5.56. The molecule has 0 aromatic carbocycles. The second kappa shape index (κ2) is 5.63. The highest BCUT2D eigenvalue weighted by molar-refractivity contribution is 5.82. The standard InChI is InChI=1S/C9H16O3/c1-7(2)6-12-9(10)5-8(3)11-4/h5,7H,6H2,1-4H3. The van der Waals surface area contributed by atoms with Crippen LogP contribution >= 0.6 is 0 Å². The van der Waals surface area contributed by atoms with E-state index in [1.807, 2.05) is 13.8 Å². The third-order valence-electron chi connectivity index (χ3n) is 1.20. The number of allylic oxidation sites excluding steroid dienone is 1. The zero-order valence-electron chi connectivity index (χ0n) is 8.09. The zero-order valence-corrected chi connectivity index (χ0v) is 8.09. The van der Waals surface area contributed by atoms with E-state index in [-0.39, 0.29) is 5.97 Å². The molecule has 0 aromatic rings. The summed E-state index contributed by atoms with van der Waals surface area (Å²) in [6.07, 6.45) is 1.34. The van der Waals surface area contributed by atoms with Crippen molar-refractivity contribution in [1.82, 2.24) is 0 Å². The van der Waals surface area contributed by atoms with E-state index >= 15 is 0 Å². The van der Waals surface area contributed by atoms with E-state index in [2.05, 4.69) is 0 Å². The summed E-state index contributed by atoms with van der Waals surface area (Å²) in [7, 11) is 1.52. The lowest BCUT2D eigenvalue weighted by molar-refractivity contribution is -0.139. The number of carbonyl (C=O) groups is 1. The zero-order chi connectivity index (χ0) is 9.56. The van der Waals surface area contributed by atoms with Crippen LogP contribution in [0.25, 0.3) is 0 Å². The molecule has 70 valence electrons. The molecule has 0 rings (SSSR count). The summed E-state index contributed by atoms with van der Waals surface area (Å²) in [6, 6.07) is 0. The number of hydrogen-bond acceptors (Lipinski definition) is 3. The van der Waals surface area contributed by atoms with E-state index in [9.17, 15) is 4.79 Å². The molecule has 0 amide bonds. The predicted octanol–water partition coefficient (Wildman–Crippen LogP) is 1.74. The largest absolute Gasteiger partial charge is 0.501 e. The monoisotopic (exact) mass is 172 g/mol. The Kier molecular flexibility index (Phi) is 5.17. The summed E-state index contributed by atoms with van der Waals surface area (Å²) >= 11 is 0. The van der Waals surface area contributed by atoms with Crippen LogP contribution in [0, 0.1) is 5.92 Å². The van der Waals surface area contributed by atoms with Crippen molar-refractivity contribution < 1.29 is 14.3 Å². The van der Waals surface area contributed by atoms with Crippen molar-refractivity contribution in [3.63, 3.8) is 0 Å². The lowest BCUT2D eigenvalue weighted by Gasteiger charge is -2.04.